The minimum absolute atomic E-state index is 0.0209. The SMILES string of the molecule is CC.CC1CC(=O)N(CCN2CCN(N)CC2)C1=O. The van der Waals surface area contributed by atoms with Crippen LogP contribution in [0.25, 0.3) is 0 Å². The Labute approximate surface area is 115 Å². The summed E-state index contributed by atoms with van der Waals surface area (Å²) in [5, 5.41) is 1.80. The van der Waals surface area contributed by atoms with Gasteiger partial charge >= 0.3 is 0 Å². The van der Waals surface area contributed by atoms with Crippen LogP contribution in [0.3, 0.4) is 0 Å². The molecule has 0 aromatic carbocycles. The van der Waals surface area contributed by atoms with E-state index >= 15 is 0 Å². The van der Waals surface area contributed by atoms with Gasteiger partial charge in [-0.15, -0.1) is 0 Å². The van der Waals surface area contributed by atoms with Crippen molar-refractivity contribution in [2.45, 2.75) is 27.2 Å². The largest absolute Gasteiger partial charge is 0.299 e. The molecule has 1 unspecified atom stereocenters. The molecule has 0 spiro atoms. The molecule has 0 aliphatic carbocycles. The average molecular weight is 270 g/mol. The highest BCUT2D eigenvalue weighted by Gasteiger charge is 2.35. The first kappa shape index (κ1) is 16.1. The third-order valence-corrected chi connectivity index (χ3v) is 3.52. The van der Waals surface area contributed by atoms with Gasteiger partial charge in [0.2, 0.25) is 11.8 Å². The molecule has 0 radical (unpaired) electrons. The van der Waals surface area contributed by atoms with Gasteiger partial charge in [-0.25, -0.2) is 5.01 Å². The number of rotatable bonds is 3. The lowest BCUT2D eigenvalue weighted by atomic mass is 10.1. The predicted molar refractivity (Wildman–Crippen MR) is 74.0 cm³/mol. The monoisotopic (exact) mass is 270 g/mol. The summed E-state index contributed by atoms with van der Waals surface area (Å²) in [5.74, 6) is 5.48. The maximum absolute atomic E-state index is 11.7. The average Bonchev–Trinajstić information content (AvgIpc) is 2.66. The molecular formula is C13H26N4O2. The smallest absolute Gasteiger partial charge is 0.232 e. The zero-order chi connectivity index (χ0) is 14.4. The van der Waals surface area contributed by atoms with Gasteiger partial charge in [0.05, 0.1) is 0 Å². The van der Waals surface area contributed by atoms with Gasteiger partial charge in [-0.1, -0.05) is 20.8 Å². The molecule has 0 aromatic rings. The second kappa shape index (κ2) is 7.57. The van der Waals surface area contributed by atoms with Gasteiger partial charge in [0.15, 0.2) is 0 Å². The molecule has 2 heterocycles. The van der Waals surface area contributed by atoms with Crippen molar-refractivity contribution in [2.75, 3.05) is 39.3 Å². The van der Waals surface area contributed by atoms with Crippen LogP contribution < -0.4 is 5.84 Å². The van der Waals surface area contributed by atoms with E-state index in [1.54, 1.807) is 5.01 Å². The lowest BCUT2D eigenvalue weighted by Gasteiger charge is -2.32. The van der Waals surface area contributed by atoms with Crippen molar-refractivity contribution in [3.05, 3.63) is 0 Å². The van der Waals surface area contributed by atoms with Crippen LogP contribution in [0, 0.1) is 5.92 Å². The summed E-state index contributed by atoms with van der Waals surface area (Å²) in [5.41, 5.74) is 0. The number of hydrogen-bond donors (Lipinski definition) is 1. The van der Waals surface area contributed by atoms with Gasteiger partial charge in [0, 0.05) is 51.6 Å². The molecule has 2 N–H and O–H groups in total. The highest BCUT2D eigenvalue weighted by Crippen LogP contribution is 2.18. The van der Waals surface area contributed by atoms with Crippen molar-refractivity contribution in [1.29, 1.82) is 0 Å². The van der Waals surface area contributed by atoms with E-state index in [9.17, 15) is 9.59 Å². The molecule has 2 rings (SSSR count). The number of carbonyl (C=O) groups is 2. The summed E-state index contributed by atoms with van der Waals surface area (Å²) >= 11 is 0. The van der Waals surface area contributed by atoms with E-state index in [-0.39, 0.29) is 17.7 Å². The number of carbonyl (C=O) groups excluding carboxylic acids is 2. The first-order valence-electron chi connectivity index (χ1n) is 7.14. The molecule has 2 fully saturated rings. The number of imide groups is 1. The standard InChI is InChI=1S/C11H20N4O2.C2H6/c1-9-8-10(16)15(11(9)17)7-4-13-2-5-14(12)6-3-13;1-2/h9H,2-8,12H2,1H3;1-2H3. The molecule has 0 bridgehead atoms. The summed E-state index contributed by atoms with van der Waals surface area (Å²) in [6.45, 7) is 10.6. The molecule has 0 aromatic heterocycles. The van der Waals surface area contributed by atoms with Crippen LogP contribution in [0.1, 0.15) is 27.2 Å². The van der Waals surface area contributed by atoms with Crippen LogP contribution in [-0.2, 0) is 9.59 Å². The topological polar surface area (TPSA) is 69.9 Å². The lowest BCUT2D eigenvalue weighted by Crippen LogP contribution is -2.51. The number of piperazine rings is 1. The molecule has 2 aliphatic rings. The second-order valence-electron chi connectivity index (χ2n) is 4.87. The van der Waals surface area contributed by atoms with Crippen molar-refractivity contribution in [3.63, 3.8) is 0 Å². The number of amides is 2. The van der Waals surface area contributed by atoms with E-state index < -0.39 is 0 Å². The van der Waals surface area contributed by atoms with Crippen molar-refractivity contribution in [2.24, 2.45) is 11.8 Å². The normalized spacial score (nSPS) is 25.5. The Kier molecular flexibility index (Phi) is 6.41. The van der Waals surface area contributed by atoms with Gasteiger partial charge in [-0.05, 0) is 0 Å². The predicted octanol–water partition coefficient (Wildman–Crippen LogP) is -0.101. The van der Waals surface area contributed by atoms with E-state index in [2.05, 4.69) is 4.90 Å². The number of likely N-dealkylation sites (tertiary alicyclic amines) is 1. The molecule has 2 amide bonds. The van der Waals surface area contributed by atoms with Crippen LogP contribution in [0.2, 0.25) is 0 Å². The zero-order valence-corrected chi connectivity index (χ0v) is 12.3. The Balaban J connectivity index is 0.000000861. The number of nitrogens with two attached hydrogens (primary N) is 1. The highest BCUT2D eigenvalue weighted by atomic mass is 16.2. The van der Waals surface area contributed by atoms with Gasteiger partial charge in [-0.3, -0.25) is 25.2 Å². The fourth-order valence-electron chi connectivity index (χ4n) is 2.31. The molecular weight excluding hydrogens is 244 g/mol. The van der Waals surface area contributed by atoms with Crippen molar-refractivity contribution in [3.8, 4) is 0 Å². The number of hydrazine groups is 1. The molecule has 110 valence electrons. The Morgan fingerprint density at radius 3 is 2.16 bits per heavy atom. The van der Waals surface area contributed by atoms with E-state index in [4.69, 9.17) is 5.84 Å². The minimum Gasteiger partial charge on any atom is -0.299 e. The van der Waals surface area contributed by atoms with Crippen molar-refractivity contribution >= 4 is 11.8 Å². The Morgan fingerprint density at radius 2 is 1.68 bits per heavy atom. The summed E-state index contributed by atoms with van der Waals surface area (Å²) < 4.78 is 0. The zero-order valence-electron chi connectivity index (χ0n) is 12.3. The molecule has 2 saturated heterocycles. The van der Waals surface area contributed by atoms with Gasteiger partial charge in [0.25, 0.3) is 0 Å². The Bertz CT molecular complexity index is 314. The summed E-state index contributed by atoms with van der Waals surface area (Å²) in [4.78, 5) is 26.9. The fourth-order valence-corrected chi connectivity index (χ4v) is 2.31. The molecule has 19 heavy (non-hydrogen) atoms. The summed E-state index contributed by atoms with van der Waals surface area (Å²) in [6.07, 6.45) is 0.370. The van der Waals surface area contributed by atoms with E-state index in [0.29, 0.717) is 13.0 Å². The molecule has 0 saturated carbocycles. The van der Waals surface area contributed by atoms with Crippen LogP contribution >= 0.6 is 0 Å². The van der Waals surface area contributed by atoms with Gasteiger partial charge < -0.3 is 0 Å². The van der Waals surface area contributed by atoms with Crippen molar-refractivity contribution in [1.82, 2.24) is 14.8 Å². The number of nitrogens with zero attached hydrogens (tertiary/aromatic N) is 3. The maximum atomic E-state index is 11.7. The molecule has 1 atom stereocenters. The van der Waals surface area contributed by atoms with E-state index in [0.717, 1.165) is 32.7 Å². The third-order valence-electron chi connectivity index (χ3n) is 3.52. The summed E-state index contributed by atoms with van der Waals surface area (Å²) in [6, 6.07) is 0. The van der Waals surface area contributed by atoms with Crippen LogP contribution in [0.15, 0.2) is 0 Å². The van der Waals surface area contributed by atoms with Gasteiger partial charge in [0.1, 0.15) is 0 Å². The fraction of sp³-hybridized carbons (Fsp3) is 0.846. The lowest BCUT2D eigenvalue weighted by molar-refractivity contribution is -0.139. The second-order valence-corrected chi connectivity index (χ2v) is 4.87. The Hall–Kier alpha value is -0.980. The van der Waals surface area contributed by atoms with Crippen LogP contribution in [-0.4, -0.2) is 65.9 Å². The summed E-state index contributed by atoms with van der Waals surface area (Å²) in [7, 11) is 0. The molecule has 6 nitrogen and oxygen atoms in total. The molecule has 6 heteroatoms. The van der Waals surface area contributed by atoms with Crippen LogP contribution in [0.5, 0.6) is 0 Å². The molecule has 2 aliphatic heterocycles. The number of hydrogen-bond acceptors (Lipinski definition) is 5. The highest BCUT2D eigenvalue weighted by molar-refractivity contribution is 6.03. The van der Waals surface area contributed by atoms with Crippen molar-refractivity contribution < 1.29 is 9.59 Å². The quantitative estimate of drug-likeness (QED) is 0.573. The Morgan fingerprint density at radius 1 is 1.11 bits per heavy atom. The third kappa shape index (κ3) is 4.26. The van der Waals surface area contributed by atoms with E-state index in [1.807, 2.05) is 20.8 Å². The van der Waals surface area contributed by atoms with Crippen LogP contribution in [0.4, 0.5) is 0 Å². The first-order valence-corrected chi connectivity index (χ1v) is 7.14. The maximum Gasteiger partial charge on any atom is 0.232 e. The minimum atomic E-state index is -0.136. The van der Waals surface area contributed by atoms with Gasteiger partial charge in [-0.2, -0.15) is 0 Å². The first-order chi connectivity index (χ1) is 9.08. The van der Waals surface area contributed by atoms with E-state index in [1.165, 1.54) is 4.90 Å².